The molecule has 0 saturated heterocycles. The molecular weight excluding hydrogens is 260 g/mol. The quantitative estimate of drug-likeness (QED) is 0.497. The highest BCUT2D eigenvalue weighted by Gasteiger charge is 2.09. The Morgan fingerprint density at radius 3 is 2.38 bits per heavy atom. The van der Waals surface area contributed by atoms with E-state index < -0.39 is 0 Å². The summed E-state index contributed by atoms with van der Waals surface area (Å²) in [6.45, 7) is 0. The van der Waals surface area contributed by atoms with Crippen LogP contribution in [0.25, 0.3) is 33.1 Å². The van der Waals surface area contributed by atoms with Crippen LogP contribution in [-0.2, 0) is 0 Å². The van der Waals surface area contributed by atoms with Gasteiger partial charge in [0, 0.05) is 10.8 Å². The molecule has 0 bridgehead atoms. The van der Waals surface area contributed by atoms with Gasteiger partial charge in [0.2, 0.25) is 0 Å². The average Bonchev–Trinajstić information content (AvgIpc) is 2.92. The summed E-state index contributed by atoms with van der Waals surface area (Å²) >= 11 is 0. The van der Waals surface area contributed by atoms with Crippen molar-refractivity contribution in [2.75, 3.05) is 7.11 Å². The highest BCUT2D eigenvalue weighted by Crippen LogP contribution is 2.33. The Kier molecular flexibility index (Phi) is 2.68. The first-order valence-electron chi connectivity index (χ1n) is 6.91. The first kappa shape index (κ1) is 12.0. The van der Waals surface area contributed by atoms with E-state index in [2.05, 4.69) is 30.3 Å². The molecule has 0 amide bonds. The number of ether oxygens (including phenoxy) is 1. The molecule has 2 heteroatoms. The molecule has 0 fully saturated rings. The fourth-order valence-electron chi connectivity index (χ4n) is 2.69. The molecule has 0 radical (unpaired) electrons. The lowest BCUT2D eigenvalue weighted by atomic mass is 10.0. The molecule has 21 heavy (non-hydrogen) atoms. The summed E-state index contributed by atoms with van der Waals surface area (Å²) in [5, 5.41) is 2.20. The Morgan fingerprint density at radius 2 is 1.57 bits per heavy atom. The van der Waals surface area contributed by atoms with Crippen LogP contribution in [-0.4, -0.2) is 7.11 Å². The second-order valence-corrected chi connectivity index (χ2v) is 5.04. The van der Waals surface area contributed by atoms with Crippen molar-refractivity contribution in [1.29, 1.82) is 0 Å². The molecule has 0 aliphatic heterocycles. The lowest BCUT2D eigenvalue weighted by Crippen LogP contribution is -1.80. The summed E-state index contributed by atoms with van der Waals surface area (Å²) in [4.78, 5) is 0. The lowest BCUT2D eigenvalue weighted by molar-refractivity contribution is 0.415. The Labute approximate surface area is 122 Å². The number of rotatable bonds is 2. The van der Waals surface area contributed by atoms with E-state index in [0.717, 1.165) is 33.3 Å². The fraction of sp³-hybridized carbons (Fsp3) is 0.0526. The van der Waals surface area contributed by atoms with Crippen molar-refractivity contribution < 1.29 is 9.15 Å². The van der Waals surface area contributed by atoms with Crippen LogP contribution in [0.4, 0.5) is 0 Å². The monoisotopic (exact) mass is 274 g/mol. The van der Waals surface area contributed by atoms with Crippen molar-refractivity contribution in [2.45, 2.75) is 0 Å². The minimum Gasteiger partial charge on any atom is -0.497 e. The molecule has 0 N–H and O–H groups in total. The van der Waals surface area contributed by atoms with Gasteiger partial charge in [-0.2, -0.15) is 0 Å². The number of fused-ring (bicyclic) bond motifs is 3. The first-order chi connectivity index (χ1) is 10.3. The molecule has 4 aromatic rings. The second-order valence-electron chi connectivity index (χ2n) is 5.04. The molecule has 3 aromatic carbocycles. The van der Waals surface area contributed by atoms with E-state index in [-0.39, 0.29) is 0 Å². The smallest absolute Gasteiger partial charge is 0.136 e. The average molecular weight is 274 g/mol. The minimum atomic E-state index is 0.845. The van der Waals surface area contributed by atoms with Crippen molar-refractivity contribution in [3.05, 3.63) is 66.7 Å². The highest BCUT2D eigenvalue weighted by molar-refractivity contribution is 6.06. The summed E-state index contributed by atoms with van der Waals surface area (Å²) in [5.41, 5.74) is 4.14. The summed E-state index contributed by atoms with van der Waals surface area (Å²) in [6, 6.07) is 22.6. The molecule has 0 aliphatic carbocycles. The van der Waals surface area contributed by atoms with Gasteiger partial charge in [-0.15, -0.1) is 0 Å². The SMILES string of the molecule is COc1ccc2oc3cc(-c4ccccc4)ccc3c2c1. The van der Waals surface area contributed by atoms with Crippen LogP contribution in [0.2, 0.25) is 0 Å². The Morgan fingerprint density at radius 1 is 0.714 bits per heavy atom. The van der Waals surface area contributed by atoms with E-state index in [0.29, 0.717) is 0 Å². The number of methoxy groups -OCH3 is 1. The third kappa shape index (κ3) is 1.96. The number of hydrogen-bond acceptors (Lipinski definition) is 2. The molecule has 102 valence electrons. The Hall–Kier alpha value is -2.74. The summed E-state index contributed by atoms with van der Waals surface area (Å²) in [6.07, 6.45) is 0. The van der Waals surface area contributed by atoms with Crippen LogP contribution in [0.1, 0.15) is 0 Å². The summed E-state index contributed by atoms with van der Waals surface area (Å²) in [7, 11) is 1.68. The van der Waals surface area contributed by atoms with Gasteiger partial charge < -0.3 is 9.15 Å². The van der Waals surface area contributed by atoms with Crippen LogP contribution < -0.4 is 4.74 Å². The number of hydrogen-bond donors (Lipinski definition) is 0. The van der Waals surface area contributed by atoms with Gasteiger partial charge in [-0.3, -0.25) is 0 Å². The third-order valence-corrected chi connectivity index (χ3v) is 3.79. The molecule has 0 atom stereocenters. The van der Waals surface area contributed by atoms with Gasteiger partial charge in [-0.1, -0.05) is 36.4 Å². The van der Waals surface area contributed by atoms with Crippen molar-refractivity contribution in [2.24, 2.45) is 0 Å². The second kappa shape index (κ2) is 4.67. The highest BCUT2D eigenvalue weighted by atomic mass is 16.5. The van der Waals surface area contributed by atoms with E-state index in [4.69, 9.17) is 9.15 Å². The lowest BCUT2D eigenvalue weighted by Gasteiger charge is -2.00. The van der Waals surface area contributed by atoms with Crippen molar-refractivity contribution in [3.8, 4) is 16.9 Å². The maximum absolute atomic E-state index is 5.96. The maximum Gasteiger partial charge on any atom is 0.136 e. The van der Waals surface area contributed by atoms with Crippen LogP contribution >= 0.6 is 0 Å². The number of benzene rings is 3. The standard InChI is InChI=1S/C19H14O2/c1-20-15-8-10-18-17(12-15)16-9-7-14(11-19(16)21-18)13-5-3-2-4-6-13/h2-12H,1H3. The summed E-state index contributed by atoms with van der Waals surface area (Å²) in [5.74, 6) is 0.845. The molecule has 4 rings (SSSR count). The van der Waals surface area contributed by atoms with Gasteiger partial charge >= 0.3 is 0 Å². The minimum absolute atomic E-state index is 0.845. The normalized spacial score (nSPS) is 11.1. The topological polar surface area (TPSA) is 22.4 Å². The molecule has 0 unspecified atom stereocenters. The van der Waals surface area contributed by atoms with E-state index in [1.54, 1.807) is 7.11 Å². The van der Waals surface area contributed by atoms with Gasteiger partial charge in [-0.05, 0) is 41.5 Å². The van der Waals surface area contributed by atoms with Gasteiger partial charge in [0.15, 0.2) is 0 Å². The van der Waals surface area contributed by atoms with E-state index in [1.165, 1.54) is 5.56 Å². The van der Waals surface area contributed by atoms with Crippen molar-refractivity contribution >= 4 is 21.9 Å². The molecule has 1 heterocycles. The van der Waals surface area contributed by atoms with E-state index in [9.17, 15) is 0 Å². The molecule has 0 spiro atoms. The van der Waals surface area contributed by atoms with Gasteiger partial charge in [0.05, 0.1) is 7.11 Å². The number of furan rings is 1. The molecule has 0 saturated carbocycles. The molecule has 1 aromatic heterocycles. The predicted octanol–water partition coefficient (Wildman–Crippen LogP) is 5.26. The summed E-state index contributed by atoms with van der Waals surface area (Å²) < 4.78 is 11.3. The van der Waals surface area contributed by atoms with Crippen molar-refractivity contribution in [3.63, 3.8) is 0 Å². The fourth-order valence-corrected chi connectivity index (χ4v) is 2.69. The maximum atomic E-state index is 5.96. The third-order valence-electron chi connectivity index (χ3n) is 3.79. The van der Waals surface area contributed by atoms with Gasteiger partial charge in [-0.25, -0.2) is 0 Å². The molecule has 2 nitrogen and oxygen atoms in total. The van der Waals surface area contributed by atoms with Crippen molar-refractivity contribution in [1.82, 2.24) is 0 Å². The zero-order valence-corrected chi connectivity index (χ0v) is 11.7. The van der Waals surface area contributed by atoms with Crippen LogP contribution in [0.15, 0.2) is 71.1 Å². The van der Waals surface area contributed by atoms with Crippen LogP contribution in [0.3, 0.4) is 0 Å². The molecule has 0 aliphatic rings. The van der Waals surface area contributed by atoms with E-state index in [1.807, 2.05) is 36.4 Å². The van der Waals surface area contributed by atoms with Gasteiger partial charge in [0.25, 0.3) is 0 Å². The largest absolute Gasteiger partial charge is 0.497 e. The zero-order chi connectivity index (χ0) is 14.2. The Bertz CT molecular complexity index is 920. The predicted molar refractivity (Wildman–Crippen MR) is 85.7 cm³/mol. The molecular formula is C19H14O2. The Balaban J connectivity index is 1.95. The van der Waals surface area contributed by atoms with Gasteiger partial charge in [0.1, 0.15) is 16.9 Å². The van der Waals surface area contributed by atoms with Crippen LogP contribution in [0.5, 0.6) is 5.75 Å². The zero-order valence-electron chi connectivity index (χ0n) is 11.7. The first-order valence-corrected chi connectivity index (χ1v) is 6.91. The van der Waals surface area contributed by atoms with Crippen LogP contribution in [0, 0.1) is 0 Å². The van der Waals surface area contributed by atoms with E-state index >= 15 is 0 Å².